The summed E-state index contributed by atoms with van der Waals surface area (Å²) in [6.45, 7) is 3.69. The number of hydrogen-bond acceptors (Lipinski definition) is 4. The predicted molar refractivity (Wildman–Crippen MR) is 62.3 cm³/mol. The molecule has 1 aromatic rings. The number of rotatable bonds is 5. The van der Waals surface area contributed by atoms with E-state index in [1.54, 1.807) is 6.92 Å². The molecule has 0 aromatic heterocycles. The van der Waals surface area contributed by atoms with Crippen LogP contribution in [0.15, 0.2) is 24.3 Å². The lowest BCUT2D eigenvalue weighted by molar-refractivity contribution is -0.144. The number of aryl methyl sites for hydroxylation is 1. The summed E-state index contributed by atoms with van der Waals surface area (Å²) in [5, 5.41) is 12.1. The molecule has 0 bridgehead atoms. The third-order valence-corrected chi connectivity index (χ3v) is 2.23. The summed E-state index contributed by atoms with van der Waals surface area (Å²) in [5.74, 6) is -0.437. The van der Waals surface area contributed by atoms with Crippen LogP contribution < -0.4 is 5.32 Å². The third-order valence-electron chi connectivity index (χ3n) is 2.23. The first-order valence-electron chi connectivity index (χ1n) is 5.28. The number of benzene rings is 1. The molecule has 1 atom stereocenters. The number of carbonyl (C=O) groups is 1. The maximum absolute atomic E-state index is 11.4. The van der Waals surface area contributed by atoms with E-state index < -0.39 is 12.0 Å². The van der Waals surface area contributed by atoms with Crippen LogP contribution in [0.25, 0.3) is 0 Å². The molecule has 0 heterocycles. The monoisotopic (exact) mass is 223 g/mol. The van der Waals surface area contributed by atoms with Gasteiger partial charge in [0.25, 0.3) is 0 Å². The van der Waals surface area contributed by atoms with Crippen LogP contribution in [0.2, 0.25) is 0 Å². The van der Waals surface area contributed by atoms with E-state index in [1.807, 2.05) is 31.2 Å². The first kappa shape index (κ1) is 12.5. The van der Waals surface area contributed by atoms with Crippen LogP contribution in [0.3, 0.4) is 0 Å². The highest BCUT2D eigenvalue weighted by Crippen LogP contribution is 2.14. The lowest BCUT2D eigenvalue weighted by atomic mass is 10.2. The van der Waals surface area contributed by atoms with Crippen LogP contribution in [-0.4, -0.2) is 30.3 Å². The quantitative estimate of drug-likeness (QED) is 0.739. The lowest BCUT2D eigenvalue weighted by Gasteiger charge is -2.17. The topological polar surface area (TPSA) is 58.6 Å². The molecule has 2 N–H and O–H groups in total. The van der Waals surface area contributed by atoms with E-state index in [0.717, 1.165) is 11.3 Å². The number of hydrogen-bond donors (Lipinski definition) is 2. The highest BCUT2D eigenvalue weighted by atomic mass is 16.5. The summed E-state index contributed by atoms with van der Waals surface area (Å²) in [6, 6.07) is 6.87. The van der Waals surface area contributed by atoms with Crippen LogP contribution >= 0.6 is 0 Å². The number of anilines is 1. The standard InChI is InChI=1S/C12H17NO3/c1-3-16-12(15)11(8-14)13-10-7-5-4-6-9(10)2/h4-7,11,13-14H,3,8H2,1-2H3/t11-/m0/s1. The van der Waals surface area contributed by atoms with E-state index >= 15 is 0 Å². The molecule has 4 heteroatoms. The van der Waals surface area contributed by atoms with Gasteiger partial charge < -0.3 is 15.2 Å². The number of nitrogens with one attached hydrogen (secondary N) is 1. The molecule has 0 aliphatic carbocycles. The zero-order valence-electron chi connectivity index (χ0n) is 9.56. The van der Waals surface area contributed by atoms with E-state index in [1.165, 1.54) is 0 Å². The molecule has 0 radical (unpaired) electrons. The van der Waals surface area contributed by atoms with Crippen LogP contribution in [-0.2, 0) is 9.53 Å². The highest BCUT2D eigenvalue weighted by molar-refractivity contribution is 5.79. The van der Waals surface area contributed by atoms with Crippen molar-refractivity contribution in [1.82, 2.24) is 0 Å². The minimum absolute atomic E-state index is 0.285. The Morgan fingerprint density at radius 1 is 1.50 bits per heavy atom. The first-order valence-corrected chi connectivity index (χ1v) is 5.28. The van der Waals surface area contributed by atoms with Crippen molar-refractivity contribution in [3.05, 3.63) is 29.8 Å². The molecule has 4 nitrogen and oxygen atoms in total. The smallest absolute Gasteiger partial charge is 0.330 e. The molecule has 0 saturated carbocycles. The fraction of sp³-hybridized carbons (Fsp3) is 0.417. The van der Waals surface area contributed by atoms with Crippen molar-refractivity contribution in [3.63, 3.8) is 0 Å². The Morgan fingerprint density at radius 2 is 2.19 bits per heavy atom. The average molecular weight is 223 g/mol. The fourth-order valence-electron chi connectivity index (χ4n) is 1.34. The van der Waals surface area contributed by atoms with Crippen molar-refractivity contribution in [2.45, 2.75) is 19.9 Å². The largest absolute Gasteiger partial charge is 0.464 e. The number of ether oxygens (including phenoxy) is 1. The van der Waals surface area contributed by atoms with Gasteiger partial charge in [-0.1, -0.05) is 18.2 Å². The van der Waals surface area contributed by atoms with Gasteiger partial charge in [-0.3, -0.25) is 0 Å². The minimum Gasteiger partial charge on any atom is -0.464 e. The number of carbonyl (C=O) groups excluding carboxylic acids is 1. The van der Waals surface area contributed by atoms with Crippen molar-refractivity contribution in [2.75, 3.05) is 18.5 Å². The summed E-state index contributed by atoms with van der Waals surface area (Å²) < 4.78 is 4.85. The van der Waals surface area contributed by atoms with Gasteiger partial charge in [-0.25, -0.2) is 4.79 Å². The van der Waals surface area contributed by atoms with Gasteiger partial charge in [-0.2, -0.15) is 0 Å². The Kier molecular flexibility index (Phi) is 4.79. The summed E-state index contributed by atoms with van der Waals surface area (Å²) >= 11 is 0. The number of aliphatic hydroxyl groups excluding tert-OH is 1. The SMILES string of the molecule is CCOC(=O)[C@H](CO)Nc1ccccc1C. The summed E-state index contributed by atoms with van der Waals surface area (Å²) in [4.78, 5) is 11.4. The normalized spacial score (nSPS) is 11.9. The molecule has 0 aliphatic heterocycles. The second-order valence-corrected chi connectivity index (χ2v) is 3.45. The van der Waals surface area contributed by atoms with E-state index in [2.05, 4.69) is 5.32 Å². The molecule has 16 heavy (non-hydrogen) atoms. The molecule has 88 valence electrons. The Labute approximate surface area is 95.2 Å². The maximum atomic E-state index is 11.4. The summed E-state index contributed by atoms with van der Waals surface area (Å²) in [5.41, 5.74) is 1.85. The first-order chi connectivity index (χ1) is 7.69. The molecule has 1 rings (SSSR count). The van der Waals surface area contributed by atoms with Crippen LogP contribution in [0, 0.1) is 6.92 Å². The summed E-state index contributed by atoms with van der Waals surface area (Å²) in [6.07, 6.45) is 0. The van der Waals surface area contributed by atoms with Gasteiger partial charge in [-0.05, 0) is 25.5 Å². The molecule has 0 unspecified atom stereocenters. The predicted octanol–water partition coefficient (Wildman–Crippen LogP) is 1.33. The molecule has 0 aliphatic rings. The second-order valence-electron chi connectivity index (χ2n) is 3.45. The van der Waals surface area contributed by atoms with Crippen molar-refractivity contribution in [3.8, 4) is 0 Å². The van der Waals surface area contributed by atoms with Gasteiger partial charge in [-0.15, -0.1) is 0 Å². The van der Waals surface area contributed by atoms with Crippen molar-refractivity contribution in [1.29, 1.82) is 0 Å². The highest BCUT2D eigenvalue weighted by Gasteiger charge is 2.18. The average Bonchev–Trinajstić information content (AvgIpc) is 2.28. The number of esters is 1. The third kappa shape index (κ3) is 3.24. The van der Waals surface area contributed by atoms with Crippen molar-refractivity contribution < 1.29 is 14.6 Å². The lowest BCUT2D eigenvalue weighted by Crippen LogP contribution is -2.34. The van der Waals surface area contributed by atoms with Crippen molar-refractivity contribution in [2.24, 2.45) is 0 Å². The van der Waals surface area contributed by atoms with E-state index in [-0.39, 0.29) is 6.61 Å². The number of para-hydroxylation sites is 1. The molecular formula is C12H17NO3. The van der Waals surface area contributed by atoms with Crippen molar-refractivity contribution >= 4 is 11.7 Å². The van der Waals surface area contributed by atoms with Gasteiger partial charge in [0.05, 0.1) is 13.2 Å². The molecule has 0 spiro atoms. The summed E-state index contributed by atoms with van der Waals surface area (Å²) in [7, 11) is 0. The van der Waals surface area contributed by atoms with E-state index in [9.17, 15) is 4.79 Å². The van der Waals surface area contributed by atoms with Gasteiger partial charge in [0.1, 0.15) is 6.04 Å². The van der Waals surface area contributed by atoms with E-state index in [0.29, 0.717) is 6.61 Å². The Bertz CT molecular complexity index is 352. The maximum Gasteiger partial charge on any atom is 0.330 e. The van der Waals surface area contributed by atoms with Gasteiger partial charge in [0.2, 0.25) is 0 Å². The fourth-order valence-corrected chi connectivity index (χ4v) is 1.34. The minimum atomic E-state index is -0.707. The molecule has 0 saturated heterocycles. The van der Waals surface area contributed by atoms with Crippen LogP contribution in [0.1, 0.15) is 12.5 Å². The van der Waals surface area contributed by atoms with Gasteiger partial charge in [0.15, 0.2) is 0 Å². The van der Waals surface area contributed by atoms with Crippen LogP contribution in [0.5, 0.6) is 0 Å². The Morgan fingerprint density at radius 3 is 2.75 bits per heavy atom. The number of aliphatic hydroxyl groups is 1. The van der Waals surface area contributed by atoms with Gasteiger partial charge >= 0.3 is 5.97 Å². The molecular weight excluding hydrogens is 206 g/mol. The van der Waals surface area contributed by atoms with Crippen LogP contribution in [0.4, 0.5) is 5.69 Å². The molecule has 0 fully saturated rings. The zero-order chi connectivity index (χ0) is 12.0. The van der Waals surface area contributed by atoms with Gasteiger partial charge in [0, 0.05) is 5.69 Å². The Hall–Kier alpha value is -1.55. The molecule has 1 aromatic carbocycles. The Balaban J connectivity index is 2.70. The second kappa shape index (κ2) is 6.12. The zero-order valence-corrected chi connectivity index (χ0v) is 9.56. The molecule has 0 amide bonds. The van der Waals surface area contributed by atoms with E-state index in [4.69, 9.17) is 9.84 Å².